The molecule has 5 aromatic rings. The Morgan fingerprint density at radius 3 is 0.950 bits per heavy atom. The molecule has 0 spiro atoms. The van der Waals surface area contributed by atoms with Gasteiger partial charge in [0, 0.05) is 41.4 Å². The molecule has 0 amide bonds. The normalized spacial score (nSPS) is 11.1. The zero-order valence-corrected chi connectivity index (χ0v) is 54.2. The molecule has 4 heterocycles. The maximum Gasteiger partial charge on any atom is 0.0650 e. The highest BCUT2D eigenvalue weighted by Gasteiger charge is 2.18. The van der Waals surface area contributed by atoms with Gasteiger partial charge in [-0.3, -0.25) is 24.9 Å². The summed E-state index contributed by atoms with van der Waals surface area (Å²) in [5.41, 5.74) is 19.9. The van der Waals surface area contributed by atoms with Crippen molar-refractivity contribution in [2.24, 2.45) is 0 Å². The standard InChI is InChI=1S/C15H24.3C14H23N.C13H22N2.5CH4/c1-10(2)13-7-8-14(11(3)4)15(9-13)12(5)6;1-9(2)12-7-14(11(5)6)15-8-13(12)10(3)4;1-9(2)12-7-13(10(3)4)14(11(5)6)15-8-12;1-9(2)12-7-8-13(10(3)4)15-14(12)11(5)6;1-8(2)11-7-14-12(9(3)4)13(15-11)10(5)6;;;;;/h7-12H,1-6H3;3*7-11H,1-6H3;7-10H,1-6H3;5*1H4. The fourth-order valence-electron chi connectivity index (χ4n) is 8.89. The van der Waals surface area contributed by atoms with Crippen molar-refractivity contribution >= 4 is 0 Å². The predicted molar refractivity (Wildman–Crippen MR) is 366 cm³/mol. The van der Waals surface area contributed by atoms with E-state index in [1.54, 1.807) is 0 Å². The van der Waals surface area contributed by atoms with Crippen LogP contribution in [0.2, 0.25) is 0 Å². The number of hydrogen-bond donors (Lipinski definition) is 0. The molecular weight excluding hydrogens is 971 g/mol. The molecule has 0 N–H and O–H groups in total. The first-order chi connectivity index (χ1) is 34.7. The van der Waals surface area contributed by atoms with Gasteiger partial charge in [0.15, 0.2) is 0 Å². The molecular formula is C75H135N5. The number of nitrogens with zero attached hydrogens (tertiary/aromatic N) is 5. The molecule has 0 saturated heterocycles. The zero-order valence-electron chi connectivity index (χ0n) is 54.2. The van der Waals surface area contributed by atoms with Gasteiger partial charge < -0.3 is 0 Å². The maximum absolute atomic E-state index is 4.79. The molecule has 5 rings (SSSR count). The topological polar surface area (TPSA) is 64.5 Å². The number of aromatic nitrogens is 5. The van der Waals surface area contributed by atoms with Crippen molar-refractivity contribution in [3.63, 3.8) is 0 Å². The Labute approximate surface area is 501 Å². The van der Waals surface area contributed by atoms with Crippen LogP contribution < -0.4 is 0 Å². The average molecular weight is 1110 g/mol. The van der Waals surface area contributed by atoms with Gasteiger partial charge in [-0.15, -0.1) is 0 Å². The smallest absolute Gasteiger partial charge is 0.0650 e. The van der Waals surface area contributed by atoms with Crippen LogP contribution in [-0.4, -0.2) is 24.9 Å². The summed E-state index contributed by atoms with van der Waals surface area (Å²) in [6.45, 7) is 66.7. The largest absolute Gasteiger partial charge is 0.261 e. The Kier molecular flexibility index (Phi) is 42.3. The van der Waals surface area contributed by atoms with E-state index in [0.29, 0.717) is 88.8 Å². The van der Waals surface area contributed by atoms with Crippen molar-refractivity contribution in [1.82, 2.24) is 24.9 Å². The third-order valence-corrected chi connectivity index (χ3v) is 13.9. The van der Waals surface area contributed by atoms with Crippen molar-refractivity contribution in [1.29, 1.82) is 0 Å². The van der Waals surface area contributed by atoms with Crippen molar-refractivity contribution in [3.05, 3.63) is 145 Å². The lowest BCUT2D eigenvalue weighted by Gasteiger charge is -2.18. The predicted octanol–water partition coefficient (Wildman–Crippen LogP) is 25.4. The van der Waals surface area contributed by atoms with E-state index < -0.39 is 0 Å². The highest BCUT2D eigenvalue weighted by molar-refractivity contribution is 5.38. The van der Waals surface area contributed by atoms with Crippen LogP contribution in [0.25, 0.3) is 0 Å². The summed E-state index contributed by atoms with van der Waals surface area (Å²) in [6, 6.07) is 16.0. The molecule has 1 aromatic carbocycles. The molecule has 0 aliphatic carbocycles. The van der Waals surface area contributed by atoms with Crippen LogP contribution in [0.15, 0.2) is 61.1 Å². The summed E-state index contributed by atoms with van der Waals surface area (Å²) >= 11 is 0. The average Bonchev–Trinajstić information content (AvgIpc) is 3.33. The molecule has 0 atom stereocenters. The molecule has 80 heavy (non-hydrogen) atoms. The minimum atomic E-state index is 0. The van der Waals surface area contributed by atoms with Crippen LogP contribution >= 0.6 is 0 Å². The number of hydrogen-bond acceptors (Lipinski definition) is 5. The summed E-state index contributed by atoms with van der Waals surface area (Å²) in [5, 5.41) is 0. The molecule has 0 unspecified atom stereocenters. The fraction of sp³-hybridized carbons (Fsp3) is 0.667. The Balaban J connectivity index is -0.000000288. The molecule has 5 heteroatoms. The molecule has 0 bridgehead atoms. The lowest BCUT2D eigenvalue weighted by Crippen LogP contribution is -2.08. The van der Waals surface area contributed by atoms with Gasteiger partial charge in [-0.1, -0.05) is 275 Å². The number of benzene rings is 1. The first-order valence-corrected chi connectivity index (χ1v) is 29.7. The highest BCUT2D eigenvalue weighted by Crippen LogP contribution is 2.32. The van der Waals surface area contributed by atoms with Gasteiger partial charge >= 0.3 is 0 Å². The molecule has 0 saturated carbocycles. The van der Waals surface area contributed by atoms with E-state index in [1.165, 1.54) is 67.3 Å². The molecule has 0 aliphatic heterocycles. The van der Waals surface area contributed by atoms with E-state index >= 15 is 0 Å². The monoisotopic (exact) mass is 1110 g/mol. The number of pyridine rings is 3. The zero-order chi connectivity index (χ0) is 57.9. The summed E-state index contributed by atoms with van der Waals surface area (Å²) in [7, 11) is 0. The summed E-state index contributed by atoms with van der Waals surface area (Å²) < 4.78 is 0. The van der Waals surface area contributed by atoms with Crippen LogP contribution in [0.4, 0.5) is 0 Å². The van der Waals surface area contributed by atoms with Crippen LogP contribution in [0.5, 0.6) is 0 Å². The second-order valence-electron chi connectivity index (χ2n) is 26.0. The van der Waals surface area contributed by atoms with Gasteiger partial charge in [0.2, 0.25) is 0 Å². The van der Waals surface area contributed by atoms with E-state index in [2.05, 4.69) is 271 Å². The molecule has 460 valence electrons. The maximum atomic E-state index is 4.79. The minimum Gasteiger partial charge on any atom is -0.261 e. The molecule has 0 fully saturated rings. The van der Waals surface area contributed by atoms with E-state index in [0.717, 1.165) is 17.1 Å². The molecule has 0 aliphatic rings. The first kappa shape index (κ1) is 84.6. The molecule has 5 nitrogen and oxygen atoms in total. The van der Waals surface area contributed by atoms with Gasteiger partial charge in [-0.05, 0) is 145 Å². The Hall–Kier alpha value is -4.25. The van der Waals surface area contributed by atoms with Crippen LogP contribution in [0.3, 0.4) is 0 Å². The second-order valence-corrected chi connectivity index (χ2v) is 26.0. The lowest BCUT2D eigenvalue weighted by atomic mass is 9.87. The van der Waals surface area contributed by atoms with Gasteiger partial charge in [-0.25, -0.2) is 0 Å². The van der Waals surface area contributed by atoms with Gasteiger partial charge in [-0.2, -0.15) is 0 Å². The van der Waals surface area contributed by atoms with Gasteiger partial charge in [0.1, 0.15) is 0 Å². The minimum absolute atomic E-state index is 0. The van der Waals surface area contributed by atoms with Crippen LogP contribution in [0, 0.1) is 0 Å². The highest BCUT2D eigenvalue weighted by atomic mass is 14.8. The van der Waals surface area contributed by atoms with Crippen LogP contribution in [-0.2, 0) is 0 Å². The fourth-order valence-corrected chi connectivity index (χ4v) is 8.89. The number of rotatable bonds is 15. The third kappa shape index (κ3) is 26.8. The van der Waals surface area contributed by atoms with Gasteiger partial charge in [0.25, 0.3) is 0 Å². The first-order valence-electron chi connectivity index (χ1n) is 29.7. The Bertz CT molecular complexity index is 2010. The Morgan fingerprint density at radius 2 is 0.575 bits per heavy atom. The molecule has 4 aromatic heterocycles. The second kappa shape index (κ2) is 40.1. The SMILES string of the molecule is C.C.C.C.C.CC(C)c1cc(C(C)C)c(C(C)C)cn1.CC(C)c1ccc(C(C)C)c(C(C)C)c1.CC(C)c1ccc(C(C)C)c(C(C)C)n1.CC(C)c1cnc(C(C)C)c(C(C)C)c1.CC(C)c1cnc(C(C)C)c(C(C)C)n1. The lowest BCUT2D eigenvalue weighted by molar-refractivity contribution is 0.695. The van der Waals surface area contributed by atoms with E-state index in [4.69, 9.17) is 9.97 Å². The van der Waals surface area contributed by atoms with Crippen molar-refractivity contribution in [2.75, 3.05) is 0 Å². The summed E-state index contributed by atoms with van der Waals surface area (Å²) in [5.74, 6) is 8.16. The van der Waals surface area contributed by atoms with E-state index in [9.17, 15) is 0 Å². The summed E-state index contributed by atoms with van der Waals surface area (Å²) in [4.78, 5) is 23.2. The third-order valence-electron chi connectivity index (χ3n) is 13.9. The van der Waals surface area contributed by atoms with Crippen molar-refractivity contribution < 1.29 is 0 Å². The Morgan fingerprint density at radius 1 is 0.212 bits per heavy atom. The quantitative estimate of drug-likeness (QED) is 0.105. The van der Waals surface area contributed by atoms with Crippen molar-refractivity contribution in [2.45, 2.75) is 334 Å². The van der Waals surface area contributed by atoms with E-state index in [1.807, 2.05) is 12.4 Å². The van der Waals surface area contributed by atoms with Gasteiger partial charge in [0.05, 0.1) is 17.1 Å². The molecule has 0 radical (unpaired) electrons. The summed E-state index contributed by atoms with van der Waals surface area (Å²) in [6.07, 6.45) is 6.02. The van der Waals surface area contributed by atoms with E-state index in [-0.39, 0.29) is 37.1 Å². The van der Waals surface area contributed by atoms with Crippen LogP contribution in [0.1, 0.15) is 418 Å². The van der Waals surface area contributed by atoms with Crippen molar-refractivity contribution in [3.8, 4) is 0 Å².